The molecule has 0 aromatic rings. The number of nitrogens with one attached hydrogen (secondary N) is 1. The Labute approximate surface area is 123 Å². The van der Waals surface area contributed by atoms with E-state index in [0.29, 0.717) is 19.3 Å². The fourth-order valence-electron chi connectivity index (χ4n) is 2.21. The molecule has 1 aliphatic rings. The highest BCUT2D eigenvalue weighted by Crippen LogP contribution is 2.01. The standard InChI is InChI=1S/C15H31N3O2/c1-13(2)17(4)8-6-5-7-16-14(3)15(19)18-9-11-20-12-10-18/h13-14,16H,5-12H2,1-4H3. The lowest BCUT2D eigenvalue weighted by Crippen LogP contribution is -2.49. The number of carbonyl (C=O) groups excluding carboxylic acids is 1. The maximum Gasteiger partial charge on any atom is 0.239 e. The number of amides is 1. The van der Waals surface area contributed by atoms with Gasteiger partial charge in [-0.05, 0) is 53.8 Å². The van der Waals surface area contributed by atoms with Gasteiger partial charge in [-0.3, -0.25) is 4.79 Å². The molecule has 1 atom stereocenters. The smallest absolute Gasteiger partial charge is 0.239 e. The van der Waals surface area contributed by atoms with Crippen LogP contribution in [0.3, 0.4) is 0 Å². The lowest BCUT2D eigenvalue weighted by atomic mass is 10.2. The Kier molecular flexibility index (Phi) is 8.11. The average Bonchev–Trinajstić information content (AvgIpc) is 2.46. The third-order valence-electron chi connectivity index (χ3n) is 3.96. The Morgan fingerprint density at radius 1 is 1.25 bits per heavy atom. The van der Waals surface area contributed by atoms with E-state index in [1.807, 2.05) is 11.8 Å². The molecule has 1 saturated heterocycles. The van der Waals surface area contributed by atoms with Crippen LogP contribution < -0.4 is 5.32 Å². The summed E-state index contributed by atoms with van der Waals surface area (Å²) in [6, 6.07) is 0.515. The molecule has 1 rings (SSSR count). The molecule has 0 bridgehead atoms. The first-order valence-electron chi connectivity index (χ1n) is 7.82. The van der Waals surface area contributed by atoms with E-state index in [1.165, 1.54) is 6.42 Å². The molecule has 0 spiro atoms. The summed E-state index contributed by atoms with van der Waals surface area (Å²) in [6.07, 6.45) is 2.28. The fraction of sp³-hybridized carbons (Fsp3) is 0.933. The molecule has 118 valence electrons. The normalized spacial score (nSPS) is 17.8. The second-order valence-corrected chi connectivity index (χ2v) is 5.89. The van der Waals surface area contributed by atoms with E-state index in [4.69, 9.17) is 4.74 Å². The van der Waals surface area contributed by atoms with Gasteiger partial charge in [0.2, 0.25) is 5.91 Å². The first-order valence-corrected chi connectivity index (χ1v) is 7.82. The Balaban J connectivity index is 2.10. The summed E-state index contributed by atoms with van der Waals surface area (Å²) >= 11 is 0. The largest absolute Gasteiger partial charge is 0.378 e. The van der Waals surface area contributed by atoms with Crippen molar-refractivity contribution in [1.82, 2.24) is 15.1 Å². The lowest BCUT2D eigenvalue weighted by molar-refractivity contribution is -0.137. The van der Waals surface area contributed by atoms with Crippen molar-refractivity contribution >= 4 is 5.91 Å². The van der Waals surface area contributed by atoms with E-state index in [2.05, 4.69) is 31.1 Å². The van der Waals surface area contributed by atoms with Gasteiger partial charge in [0, 0.05) is 19.1 Å². The van der Waals surface area contributed by atoms with Crippen LogP contribution in [0.1, 0.15) is 33.6 Å². The van der Waals surface area contributed by atoms with Crippen molar-refractivity contribution in [1.29, 1.82) is 0 Å². The molecule has 0 aliphatic carbocycles. The molecule has 1 heterocycles. The van der Waals surface area contributed by atoms with E-state index in [-0.39, 0.29) is 11.9 Å². The summed E-state index contributed by atoms with van der Waals surface area (Å²) in [7, 11) is 2.16. The number of hydrogen-bond donors (Lipinski definition) is 1. The number of morpholine rings is 1. The molecule has 20 heavy (non-hydrogen) atoms. The molecule has 0 aromatic carbocycles. The van der Waals surface area contributed by atoms with Gasteiger partial charge in [0.05, 0.1) is 19.3 Å². The van der Waals surface area contributed by atoms with Gasteiger partial charge in [-0.15, -0.1) is 0 Å². The van der Waals surface area contributed by atoms with Gasteiger partial charge in [0.1, 0.15) is 0 Å². The second-order valence-electron chi connectivity index (χ2n) is 5.89. The highest BCUT2D eigenvalue weighted by molar-refractivity contribution is 5.81. The monoisotopic (exact) mass is 285 g/mol. The van der Waals surface area contributed by atoms with Crippen LogP contribution in [0.2, 0.25) is 0 Å². The van der Waals surface area contributed by atoms with Gasteiger partial charge in [0.15, 0.2) is 0 Å². The summed E-state index contributed by atoms with van der Waals surface area (Å²) in [6.45, 7) is 11.2. The number of ether oxygens (including phenoxy) is 1. The molecule has 0 radical (unpaired) electrons. The van der Waals surface area contributed by atoms with E-state index in [1.54, 1.807) is 0 Å². The van der Waals surface area contributed by atoms with Crippen molar-refractivity contribution in [3.8, 4) is 0 Å². The highest BCUT2D eigenvalue weighted by atomic mass is 16.5. The van der Waals surface area contributed by atoms with Crippen LogP contribution in [-0.4, -0.2) is 74.2 Å². The van der Waals surface area contributed by atoms with Gasteiger partial charge in [-0.25, -0.2) is 0 Å². The predicted octanol–water partition coefficient (Wildman–Crippen LogP) is 0.944. The molecule has 0 aromatic heterocycles. The Bertz CT molecular complexity index is 278. The topological polar surface area (TPSA) is 44.8 Å². The SMILES string of the molecule is CC(NCCCCN(C)C(C)C)C(=O)N1CCOCC1. The third kappa shape index (κ3) is 6.20. The summed E-state index contributed by atoms with van der Waals surface area (Å²) in [5.41, 5.74) is 0. The number of carbonyl (C=O) groups is 1. The van der Waals surface area contributed by atoms with Crippen LogP contribution in [0.5, 0.6) is 0 Å². The summed E-state index contributed by atoms with van der Waals surface area (Å²) in [5, 5.41) is 3.33. The van der Waals surface area contributed by atoms with Crippen LogP contribution in [0, 0.1) is 0 Å². The predicted molar refractivity (Wildman–Crippen MR) is 81.9 cm³/mol. The van der Waals surface area contributed by atoms with Crippen LogP contribution in [0.15, 0.2) is 0 Å². The summed E-state index contributed by atoms with van der Waals surface area (Å²) in [5.74, 6) is 0.201. The molecule has 1 amide bonds. The van der Waals surface area contributed by atoms with Crippen LogP contribution in [0.25, 0.3) is 0 Å². The molecule has 5 nitrogen and oxygen atoms in total. The zero-order valence-corrected chi connectivity index (χ0v) is 13.5. The number of unbranched alkanes of at least 4 members (excludes halogenated alkanes) is 1. The Morgan fingerprint density at radius 2 is 1.90 bits per heavy atom. The molecular weight excluding hydrogens is 254 g/mol. The van der Waals surface area contributed by atoms with Crippen molar-refractivity contribution in [3.63, 3.8) is 0 Å². The minimum absolute atomic E-state index is 0.0871. The number of rotatable bonds is 8. The van der Waals surface area contributed by atoms with E-state index in [0.717, 1.165) is 32.6 Å². The molecule has 1 N–H and O–H groups in total. The van der Waals surface area contributed by atoms with Crippen molar-refractivity contribution < 1.29 is 9.53 Å². The van der Waals surface area contributed by atoms with Gasteiger partial charge in [-0.1, -0.05) is 0 Å². The maximum absolute atomic E-state index is 12.2. The van der Waals surface area contributed by atoms with E-state index in [9.17, 15) is 4.79 Å². The fourth-order valence-corrected chi connectivity index (χ4v) is 2.21. The average molecular weight is 285 g/mol. The Morgan fingerprint density at radius 3 is 2.50 bits per heavy atom. The van der Waals surface area contributed by atoms with Gasteiger partial charge < -0.3 is 19.9 Å². The number of hydrogen-bond acceptors (Lipinski definition) is 4. The molecule has 5 heteroatoms. The highest BCUT2D eigenvalue weighted by Gasteiger charge is 2.21. The van der Waals surface area contributed by atoms with Crippen molar-refractivity contribution in [2.24, 2.45) is 0 Å². The molecule has 1 unspecified atom stereocenters. The van der Waals surface area contributed by atoms with Crippen molar-refractivity contribution in [2.45, 2.75) is 45.7 Å². The first-order chi connectivity index (χ1) is 9.52. The minimum atomic E-state index is -0.0871. The van der Waals surface area contributed by atoms with Gasteiger partial charge in [0.25, 0.3) is 0 Å². The van der Waals surface area contributed by atoms with Crippen LogP contribution in [0.4, 0.5) is 0 Å². The zero-order valence-electron chi connectivity index (χ0n) is 13.5. The minimum Gasteiger partial charge on any atom is -0.378 e. The van der Waals surface area contributed by atoms with Gasteiger partial charge >= 0.3 is 0 Å². The van der Waals surface area contributed by atoms with Crippen molar-refractivity contribution in [3.05, 3.63) is 0 Å². The zero-order chi connectivity index (χ0) is 15.0. The molecular formula is C15H31N3O2. The lowest BCUT2D eigenvalue weighted by Gasteiger charge is -2.29. The number of nitrogens with zero attached hydrogens (tertiary/aromatic N) is 2. The Hall–Kier alpha value is -0.650. The van der Waals surface area contributed by atoms with Crippen LogP contribution >= 0.6 is 0 Å². The molecule has 0 saturated carbocycles. The quantitative estimate of drug-likeness (QED) is 0.674. The van der Waals surface area contributed by atoms with Gasteiger partial charge in [-0.2, -0.15) is 0 Å². The first kappa shape index (κ1) is 17.4. The third-order valence-corrected chi connectivity index (χ3v) is 3.96. The van der Waals surface area contributed by atoms with Crippen molar-refractivity contribution in [2.75, 3.05) is 46.4 Å². The summed E-state index contributed by atoms with van der Waals surface area (Å²) in [4.78, 5) is 16.4. The summed E-state index contributed by atoms with van der Waals surface area (Å²) < 4.78 is 5.27. The van der Waals surface area contributed by atoms with E-state index < -0.39 is 0 Å². The van der Waals surface area contributed by atoms with E-state index >= 15 is 0 Å². The van der Waals surface area contributed by atoms with Crippen LogP contribution in [-0.2, 0) is 9.53 Å². The second kappa shape index (κ2) is 9.32. The maximum atomic E-state index is 12.2. The molecule has 1 aliphatic heterocycles. The molecule has 1 fully saturated rings.